The highest BCUT2D eigenvalue weighted by Crippen LogP contribution is 2.42. The molecule has 0 amide bonds. The summed E-state index contributed by atoms with van der Waals surface area (Å²) >= 11 is 0. The average molecular weight is 463 g/mol. The lowest BCUT2D eigenvalue weighted by molar-refractivity contribution is -0.197. The maximum Gasteiger partial charge on any atom is 0.303 e. The maximum atomic E-state index is 14.3. The van der Waals surface area contributed by atoms with Crippen LogP contribution < -0.4 is 0 Å². The number of hydrogen-bond acceptors (Lipinski definition) is 4. The van der Waals surface area contributed by atoms with E-state index in [0.29, 0.717) is 38.2 Å². The molecule has 5 atom stereocenters. The Morgan fingerprint density at radius 1 is 1.09 bits per heavy atom. The third-order valence-electron chi connectivity index (χ3n) is 7.21. The highest BCUT2D eigenvalue weighted by atomic mass is 19.3. The number of carbonyl (C=O) groups is 1. The molecule has 0 aromatic rings. The largest absolute Gasteiger partial charge is 0.481 e. The number of hydrogen-bond donors (Lipinski definition) is 2. The van der Waals surface area contributed by atoms with Crippen molar-refractivity contribution in [3.63, 3.8) is 0 Å². The van der Waals surface area contributed by atoms with E-state index < -0.39 is 18.0 Å². The van der Waals surface area contributed by atoms with Crippen LogP contribution in [0.1, 0.15) is 110 Å². The molecule has 0 radical (unpaired) electrons. The molecule has 1 heterocycles. The molecule has 2 aliphatic rings. The van der Waals surface area contributed by atoms with Gasteiger partial charge in [0.2, 0.25) is 0 Å². The summed E-state index contributed by atoms with van der Waals surface area (Å²) in [5.41, 5.74) is 0. The molecule has 0 spiro atoms. The van der Waals surface area contributed by atoms with Crippen molar-refractivity contribution in [2.45, 2.75) is 134 Å². The highest BCUT2D eigenvalue weighted by molar-refractivity contribution is 5.66. The zero-order chi connectivity index (χ0) is 23.4. The number of aliphatic carboxylic acids is 1. The number of ether oxygens (including phenoxy) is 2. The monoisotopic (exact) mass is 462 g/mol. The van der Waals surface area contributed by atoms with Gasteiger partial charge >= 0.3 is 5.97 Å². The number of halogens is 2. The molecule has 1 saturated heterocycles. The second kappa shape index (κ2) is 14.5. The minimum absolute atomic E-state index is 0.00609. The zero-order valence-corrected chi connectivity index (χ0v) is 19.8. The SMILES string of the molecule is CCCCC(F)(F)C(O)CC[C@@H]1[C@@H](CCCCCCC(=O)O)CC[C@H]1OC1CCCCO1. The predicted octanol–water partition coefficient (Wildman–Crippen LogP) is 6.32. The van der Waals surface area contributed by atoms with Crippen LogP contribution in [0.15, 0.2) is 0 Å². The molecule has 7 heteroatoms. The van der Waals surface area contributed by atoms with Gasteiger partial charge in [-0.25, -0.2) is 8.78 Å². The van der Waals surface area contributed by atoms with Crippen molar-refractivity contribution in [2.75, 3.05) is 6.61 Å². The van der Waals surface area contributed by atoms with Crippen molar-refractivity contribution >= 4 is 5.97 Å². The van der Waals surface area contributed by atoms with Crippen molar-refractivity contribution in [1.29, 1.82) is 0 Å². The van der Waals surface area contributed by atoms with Crippen LogP contribution >= 0.6 is 0 Å². The number of aliphatic hydroxyl groups is 1. The molecule has 32 heavy (non-hydrogen) atoms. The molecule has 5 nitrogen and oxygen atoms in total. The van der Waals surface area contributed by atoms with Crippen molar-refractivity contribution in [3.05, 3.63) is 0 Å². The van der Waals surface area contributed by atoms with Gasteiger partial charge in [0.1, 0.15) is 6.10 Å². The summed E-state index contributed by atoms with van der Waals surface area (Å²) in [4.78, 5) is 10.6. The van der Waals surface area contributed by atoms with E-state index in [1.807, 2.05) is 6.92 Å². The second-order valence-corrected chi connectivity index (χ2v) is 9.78. The van der Waals surface area contributed by atoms with Gasteiger partial charge in [0.25, 0.3) is 5.92 Å². The van der Waals surface area contributed by atoms with Gasteiger partial charge in [0.05, 0.1) is 6.10 Å². The van der Waals surface area contributed by atoms with Crippen LogP contribution in [-0.2, 0) is 14.3 Å². The summed E-state index contributed by atoms with van der Waals surface area (Å²) in [5.74, 6) is -3.22. The Morgan fingerprint density at radius 3 is 2.56 bits per heavy atom. The van der Waals surface area contributed by atoms with Crippen LogP contribution in [-0.4, -0.2) is 47.2 Å². The van der Waals surface area contributed by atoms with Gasteiger partial charge in [-0.15, -0.1) is 0 Å². The summed E-state index contributed by atoms with van der Waals surface area (Å²) < 4.78 is 40.6. The van der Waals surface area contributed by atoms with E-state index in [2.05, 4.69) is 0 Å². The molecule has 2 rings (SSSR count). The van der Waals surface area contributed by atoms with E-state index >= 15 is 0 Å². The van der Waals surface area contributed by atoms with Gasteiger partial charge in [-0.3, -0.25) is 4.79 Å². The minimum atomic E-state index is -3.03. The first-order chi connectivity index (χ1) is 15.3. The van der Waals surface area contributed by atoms with Crippen molar-refractivity contribution in [2.24, 2.45) is 11.8 Å². The molecule has 0 bridgehead atoms. The fraction of sp³-hybridized carbons (Fsp3) is 0.960. The van der Waals surface area contributed by atoms with Crippen LogP contribution in [0.5, 0.6) is 0 Å². The number of carboxylic acid groups (broad SMARTS) is 1. The van der Waals surface area contributed by atoms with Crippen molar-refractivity contribution in [1.82, 2.24) is 0 Å². The van der Waals surface area contributed by atoms with E-state index in [1.165, 1.54) is 0 Å². The Hall–Kier alpha value is -0.790. The predicted molar refractivity (Wildman–Crippen MR) is 120 cm³/mol. The van der Waals surface area contributed by atoms with Crippen LogP contribution in [0.2, 0.25) is 0 Å². The molecule has 2 N–H and O–H groups in total. The average Bonchev–Trinajstić information content (AvgIpc) is 3.14. The van der Waals surface area contributed by atoms with E-state index in [-0.39, 0.29) is 37.6 Å². The van der Waals surface area contributed by atoms with Gasteiger partial charge in [0.15, 0.2) is 6.29 Å². The van der Waals surface area contributed by atoms with E-state index in [1.54, 1.807) is 0 Å². The number of unbranched alkanes of at least 4 members (excludes halogenated alkanes) is 4. The third kappa shape index (κ3) is 9.60. The summed E-state index contributed by atoms with van der Waals surface area (Å²) in [6.07, 6.45) is 9.50. The molecule has 188 valence electrons. The molecule has 2 unspecified atom stereocenters. The second-order valence-electron chi connectivity index (χ2n) is 9.78. The molecule has 0 aromatic heterocycles. The van der Waals surface area contributed by atoms with Crippen LogP contribution in [0.25, 0.3) is 0 Å². The zero-order valence-electron chi connectivity index (χ0n) is 19.8. The fourth-order valence-corrected chi connectivity index (χ4v) is 5.25. The number of carboxylic acids is 1. The Kier molecular flexibility index (Phi) is 12.4. The molecule has 1 aliphatic heterocycles. The summed E-state index contributed by atoms with van der Waals surface area (Å²) in [6.45, 7) is 2.59. The van der Waals surface area contributed by atoms with Gasteiger partial charge in [-0.2, -0.15) is 0 Å². The van der Waals surface area contributed by atoms with Gasteiger partial charge in [0, 0.05) is 19.4 Å². The quantitative estimate of drug-likeness (QED) is 0.263. The fourth-order valence-electron chi connectivity index (χ4n) is 5.25. The van der Waals surface area contributed by atoms with E-state index in [9.17, 15) is 18.7 Å². The van der Waals surface area contributed by atoms with Gasteiger partial charge < -0.3 is 19.7 Å². The Bertz CT molecular complexity index is 524. The number of rotatable bonds is 16. The molecular formula is C25H44F2O5. The Balaban J connectivity index is 1.87. The summed E-state index contributed by atoms with van der Waals surface area (Å²) in [7, 11) is 0. The first-order valence-electron chi connectivity index (χ1n) is 12.9. The van der Waals surface area contributed by atoms with Gasteiger partial charge in [-0.05, 0) is 69.6 Å². The third-order valence-corrected chi connectivity index (χ3v) is 7.21. The van der Waals surface area contributed by atoms with Crippen LogP contribution in [0, 0.1) is 11.8 Å². The first kappa shape index (κ1) is 27.5. The Morgan fingerprint density at radius 2 is 1.88 bits per heavy atom. The normalized spacial score (nSPS) is 27.5. The molecule has 1 aliphatic carbocycles. The maximum absolute atomic E-state index is 14.3. The smallest absolute Gasteiger partial charge is 0.303 e. The standard InChI is InChI=1S/C25H44F2O5/c1-2-3-17-25(26,27)22(28)16-14-20-19(10-6-4-5-7-11-23(29)30)13-15-21(20)32-24-12-8-9-18-31-24/h19-22,24,28H,2-18H2,1H3,(H,29,30)/t19-,20+,21+,22?,24?/m0/s1. The lowest BCUT2D eigenvalue weighted by Gasteiger charge is -2.32. The van der Waals surface area contributed by atoms with Crippen LogP contribution in [0.4, 0.5) is 8.78 Å². The lowest BCUT2D eigenvalue weighted by atomic mass is 9.84. The summed E-state index contributed by atoms with van der Waals surface area (Å²) in [6, 6.07) is 0. The lowest BCUT2D eigenvalue weighted by Crippen LogP contribution is -2.36. The molecular weight excluding hydrogens is 418 g/mol. The Labute approximate surface area is 192 Å². The van der Waals surface area contributed by atoms with Crippen molar-refractivity contribution < 1.29 is 33.3 Å². The number of alkyl halides is 2. The first-order valence-corrected chi connectivity index (χ1v) is 12.9. The van der Waals surface area contributed by atoms with E-state index in [0.717, 1.165) is 57.8 Å². The highest BCUT2D eigenvalue weighted by Gasteiger charge is 2.41. The minimum Gasteiger partial charge on any atom is -0.481 e. The molecule has 2 fully saturated rings. The van der Waals surface area contributed by atoms with Gasteiger partial charge in [-0.1, -0.05) is 39.0 Å². The molecule has 1 saturated carbocycles. The topological polar surface area (TPSA) is 76.0 Å². The van der Waals surface area contributed by atoms with E-state index in [4.69, 9.17) is 14.6 Å². The van der Waals surface area contributed by atoms with Crippen molar-refractivity contribution in [3.8, 4) is 0 Å². The molecule has 0 aromatic carbocycles. The summed E-state index contributed by atoms with van der Waals surface area (Å²) in [5, 5.41) is 19.0. The van der Waals surface area contributed by atoms with Crippen LogP contribution in [0.3, 0.4) is 0 Å². The number of aliphatic hydroxyl groups excluding tert-OH is 1.